The second-order valence-corrected chi connectivity index (χ2v) is 6.30. The molecule has 6 heteroatoms. The minimum atomic E-state index is -0.0886. The first-order chi connectivity index (χ1) is 11.8. The summed E-state index contributed by atoms with van der Waals surface area (Å²) in [5, 5.41) is 3.65. The minimum Gasteiger partial charge on any atom is -0.461 e. The maximum atomic E-state index is 12.3. The van der Waals surface area contributed by atoms with Gasteiger partial charge in [0.15, 0.2) is 5.76 Å². The van der Waals surface area contributed by atoms with E-state index in [-0.39, 0.29) is 5.91 Å². The fourth-order valence-electron chi connectivity index (χ4n) is 3.54. The van der Waals surface area contributed by atoms with Crippen molar-refractivity contribution in [3.05, 3.63) is 36.9 Å². The number of nitrogens with zero attached hydrogens (tertiary/aromatic N) is 3. The number of carbonyl (C=O) groups excluding carboxylic acids is 1. The number of aromatic nitrogens is 3. The van der Waals surface area contributed by atoms with Crippen LogP contribution in [0.25, 0.3) is 17.2 Å². The lowest BCUT2D eigenvalue weighted by atomic mass is 9.95. The van der Waals surface area contributed by atoms with E-state index in [4.69, 9.17) is 4.42 Å². The van der Waals surface area contributed by atoms with E-state index in [1.807, 2.05) is 28.8 Å². The number of imidazole rings is 1. The topological polar surface area (TPSA) is 64.2 Å². The number of carbonyl (C=O) groups is 1. The van der Waals surface area contributed by atoms with Crippen molar-refractivity contribution in [3.8, 4) is 11.5 Å². The molecule has 0 bridgehead atoms. The maximum Gasteiger partial charge on any atom is 0.366 e. The third-order valence-electron chi connectivity index (χ3n) is 4.63. The molecule has 4 rings (SSSR count). The molecule has 0 saturated heterocycles. The van der Waals surface area contributed by atoms with Crippen molar-refractivity contribution < 1.29 is 13.6 Å². The number of nitrogens with one attached hydrogen (secondary N) is 1. The third kappa shape index (κ3) is 2.48. The monoisotopic (exact) mass is 325 g/mol. The lowest BCUT2D eigenvalue weighted by Gasteiger charge is -2.21. The standard InChI is InChI=1S/C18H21N4O2/c1-13(23)22-16(15-9-5-12-24-15)17(20-14-7-3-2-4-8-14)21-11-6-10-19-18(21)22/h5-6,9-12,14,20H,2-4,7-8H2,1H3/q+1. The predicted octanol–water partition coefficient (Wildman–Crippen LogP) is 3.29. The molecule has 6 nitrogen and oxygen atoms in total. The highest BCUT2D eigenvalue weighted by molar-refractivity contribution is 5.87. The molecule has 0 radical (unpaired) electrons. The van der Waals surface area contributed by atoms with E-state index in [9.17, 15) is 4.79 Å². The summed E-state index contributed by atoms with van der Waals surface area (Å²) in [6.07, 6.45) is 11.3. The molecule has 1 aliphatic rings. The van der Waals surface area contributed by atoms with Crippen LogP contribution in [0.3, 0.4) is 0 Å². The number of rotatable bonds is 3. The van der Waals surface area contributed by atoms with Crippen LogP contribution in [0, 0.1) is 0 Å². The molecule has 0 aromatic carbocycles. The van der Waals surface area contributed by atoms with Gasteiger partial charge in [-0.15, -0.1) is 4.98 Å². The van der Waals surface area contributed by atoms with Crippen LogP contribution in [0.1, 0.15) is 43.8 Å². The Bertz CT molecular complexity index is 861. The quantitative estimate of drug-likeness (QED) is 0.751. The molecule has 124 valence electrons. The smallest absolute Gasteiger partial charge is 0.366 e. The predicted molar refractivity (Wildman–Crippen MR) is 89.9 cm³/mol. The first kappa shape index (κ1) is 14.9. The largest absolute Gasteiger partial charge is 0.461 e. The molecule has 1 aliphatic carbocycles. The van der Waals surface area contributed by atoms with Crippen molar-refractivity contribution in [2.24, 2.45) is 0 Å². The van der Waals surface area contributed by atoms with E-state index in [2.05, 4.69) is 10.3 Å². The average Bonchev–Trinajstić information content (AvgIpc) is 3.22. The molecule has 1 N–H and O–H groups in total. The summed E-state index contributed by atoms with van der Waals surface area (Å²) in [5.74, 6) is 2.04. The molecule has 3 aromatic heterocycles. The third-order valence-corrected chi connectivity index (χ3v) is 4.63. The fourth-order valence-corrected chi connectivity index (χ4v) is 3.54. The molecule has 0 spiro atoms. The van der Waals surface area contributed by atoms with E-state index < -0.39 is 0 Å². The molecular weight excluding hydrogens is 304 g/mol. The van der Waals surface area contributed by atoms with Crippen LogP contribution in [0.2, 0.25) is 0 Å². The van der Waals surface area contributed by atoms with Gasteiger partial charge in [-0.25, -0.2) is 0 Å². The van der Waals surface area contributed by atoms with Crippen LogP contribution in [-0.4, -0.2) is 21.5 Å². The molecule has 3 aromatic rings. The summed E-state index contributed by atoms with van der Waals surface area (Å²) in [6, 6.07) is 5.99. The fraction of sp³-hybridized carbons (Fsp3) is 0.389. The van der Waals surface area contributed by atoms with E-state index in [0.717, 1.165) is 24.4 Å². The molecule has 0 unspecified atom stereocenters. The van der Waals surface area contributed by atoms with E-state index in [0.29, 0.717) is 17.6 Å². The van der Waals surface area contributed by atoms with Gasteiger partial charge in [0.1, 0.15) is 0 Å². The van der Waals surface area contributed by atoms with Crippen LogP contribution >= 0.6 is 0 Å². The lowest BCUT2D eigenvalue weighted by molar-refractivity contribution is -0.497. The van der Waals surface area contributed by atoms with Gasteiger partial charge in [-0.05, 0) is 31.0 Å². The van der Waals surface area contributed by atoms with Crippen molar-refractivity contribution in [1.29, 1.82) is 0 Å². The Morgan fingerprint density at radius 1 is 1.33 bits per heavy atom. The van der Waals surface area contributed by atoms with Gasteiger partial charge >= 0.3 is 5.78 Å². The average molecular weight is 325 g/mol. The highest BCUT2D eigenvalue weighted by Crippen LogP contribution is 2.30. The maximum absolute atomic E-state index is 12.3. The molecular formula is C18H21N4O2+. The zero-order chi connectivity index (χ0) is 16.5. The van der Waals surface area contributed by atoms with Gasteiger partial charge in [-0.2, -0.15) is 8.97 Å². The number of furan rings is 1. The van der Waals surface area contributed by atoms with E-state index >= 15 is 0 Å². The highest BCUT2D eigenvalue weighted by Gasteiger charge is 2.31. The van der Waals surface area contributed by atoms with Gasteiger partial charge in [0, 0.05) is 6.92 Å². The zero-order valence-electron chi connectivity index (χ0n) is 13.7. The van der Waals surface area contributed by atoms with Crippen LogP contribution in [0.4, 0.5) is 5.82 Å². The van der Waals surface area contributed by atoms with Crippen molar-refractivity contribution in [3.63, 3.8) is 0 Å². The van der Waals surface area contributed by atoms with E-state index in [1.165, 1.54) is 19.3 Å². The van der Waals surface area contributed by atoms with Crippen LogP contribution in [-0.2, 0) is 0 Å². The van der Waals surface area contributed by atoms with Crippen LogP contribution < -0.4 is 9.72 Å². The summed E-state index contributed by atoms with van der Waals surface area (Å²) in [4.78, 5) is 16.7. The molecule has 0 atom stereocenters. The Morgan fingerprint density at radius 2 is 2.17 bits per heavy atom. The Morgan fingerprint density at radius 3 is 2.88 bits per heavy atom. The summed E-state index contributed by atoms with van der Waals surface area (Å²) in [5.41, 5.74) is 0.733. The number of hydrogen-bond donors (Lipinski definition) is 1. The van der Waals surface area contributed by atoms with Gasteiger partial charge in [-0.3, -0.25) is 4.79 Å². The van der Waals surface area contributed by atoms with Gasteiger partial charge < -0.3 is 9.73 Å². The van der Waals surface area contributed by atoms with Crippen molar-refractivity contribution >= 4 is 17.5 Å². The number of anilines is 1. The summed E-state index contributed by atoms with van der Waals surface area (Å²) < 4.78 is 9.17. The SMILES string of the molecule is CC(=O)n1c(-c2ccco2)c(NC2CCCCC2)[n+]2cccnc12. The summed E-state index contributed by atoms with van der Waals surface area (Å²) in [7, 11) is 0. The number of fused-ring (bicyclic) bond motifs is 1. The summed E-state index contributed by atoms with van der Waals surface area (Å²) in [6.45, 7) is 1.55. The van der Waals surface area contributed by atoms with Gasteiger partial charge in [0.2, 0.25) is 11.5 Å². The molecule has 0 aliphatic heterocycles. The first-order valence-corrected chi connectivity index (χ1v) is 8.48. The minimum absolute atomic E-state index is 0.0886. The number of hydrogen-bond acceptors (Lipinski definition) is 4. The lowest BCUT2D eigenvalue weighted by Crippen LogP contribution is -2.31. The van der Waals surface area contributed by atoms with E-state index in [1.54, 1.807) is 24.0 Å². The Hall–Kier alpha value is -2.63. The van der Waals surface area contributed by atoms with Crippen molar-refractivity contribution in [2.75, 3.05) is 5.32 Å². The van der Waals surface area contributed by atoms with Crippen molar-refractivity contribution in [2.45, 2.75) is 45.1 Å². The summed E-state index contributed by atoms with van der Waals surface area (Å²) >= 11 is 0. The molecule has 3 heterocycles. The second kappa shape index (κ2) is 6.11. The van der Waals surface area contributed by atoms with Crippen LogP contribution in [0.5, 0.6) is 0 Å². The zero-order valence-corrected chi connectivity index (χ0v) is 13.7. The first-order valence-electron chi connectivity index (χ1n) is 8.48. The molecule has 1 saturated carbocycles. The normalized spacial score (nSPS) is 15.7. The Balaban J connectivity index is 1.92. The Kier molecular flexibility index (Phi) is 3.80. The molecule has 1 fully saturated rings. The van der Waals surface area contributed by atoms with Gasteiger partial charge in [0.05, 0.1) is 24.7 Å². The van der Waals surface area contributed by atoms with Crippen LogP contribution in [0.15, 0.2) is 41.3 Å². The molecule has 24 heavy (non-hydrogen) atoms. The second-order valence-electron chi connectivity index (χ2n) is 6.30. The van der Waals surface area contributed by atoms with Gasteiger partial charge in [0.25, 0.3) is 5.91 Å². The molecule has 0 amide bonds. The Labute approximate surface area is 140 Å². The van der Waals surface area contributed by atoms with Crippen molar-refractivity contribution in [1.82, 2.24) is 9.55 Å². The highest BCUT2D eigenvalue weighted by atomic mass is 16.3. The van der Waals surface area contributed by atoms with Gasteiger partial charge in [-0.1, -0.05) is 19.3 Å².